The van der Waals surface area contributed by atoms with E-state index in [1.165, 1.54) is 12.1 Å². The lowest BCUT2D eigenvalue weighted by atomic mass is 9.98. The zero-order chi connectivity index (χ0) is 17.4. The van der Waals surface area contributed by atoms with Gasteiger partial charge in [0.1, 0.15) is 5.69 Å². The molecule has 0 bridgehead atoms. The smallest absolute Gasteiger partial charge is 0.269 e. The highest BCUT2D eigenvalue weighted by atomic mass is 16.6. The average Bonchev–Trinajstić information content (AvgIpc) is 3.12. The maximum atomic E-state index is 10.8. The molecule has 0 spiro atoms. The second-order valence-electron chi connectivity index (χ2n) is 5.98. The van der Waals surface area contributed by atoms with Gasteiger partial charge in [-0.1, -0.05) is 30.3 Å². The highest BCUT2D eigenvalue weighted by Gasteiger charge is 2.24. The van der Waals surface area contributed by atoms with Gasteiger partial charge in [-0.05, 0) is 24.1 Å². The molecule has 0 amide bonds. The number of aryl methyl sites for hydroxylation is 1. The van der Waals surface area contributed by atoms with Crippen molar-refractivity contribution in [2.75, 3.05) is 0 Å². The molecule has 7 heteroatoms. The number of nitrogens with one attached hydrogen (secondary N) is 1. The Hall–Kier alpha value is -3.35. The molecule has 1 aliphatic rings. The molecule has 7 nitrogen and oxygen atoms in total. The number of hydrogen-bond acceptors (Lipinski definition) is 6. The van der Waals surface area contributed by atoms with E-state index >= 15 is 0 Å². The third-order valence-corrected chi connectivity index (χ3v) is 4.45. The molecule has 2 aromatic carbocycles. The van der Waals surface area contributed by atoms with E-state index in [0.717, 1.165) is 33.4 Å². The Morgan fingerprint density at radius 3 is 2.64 bits per heavy atom. The van der Waals surface area contributed by atoms with Gasteiger partial charge in [-0.25, -0.2) is 0 Å². The number of benzene rings is 2. The first-order chi connectivity index (χ1) is 12.1. The quantitative estimate of drug-likeness (QED) is 0.586. The zero-order valence-corrected chi connectivity index (χ0v) is 13.5. The fraction of sp³-hybridized carbons (Fsp3) is 0.167. The van der Waals surface area contributed by atoms with E-state index in [4.69, 9.17) is 0 Å². The van der Waals surface area contributed by atoms with Crippen LogP contribution in [-0.2, 0) is 0 Å². The van der Waals surface area contributed by atoms with Crippen LogP contribution in [0.25, 0.3) is 10.9 Å². The average molecular weight is 333 g/mol. The second-order valence-corrected chi connectivity index (χ2v) is 5.98. The summed E-state index contributed by atoms with van der Waals surface area (Å²) in [5.41, 5.74) is 7.68. The van der Waals surface area contributed by atoms with Crippen molar-refractivity contribution in [3.63, 3.8) is 0 Å². The summed E-state index contributed by atoms with van der Waals surface area (Å²) in [4.78, 5) is 10.4. The molecule has 124 valence electrons. The minimum atomic E-state index is -0.401. The molecule has 3 aromatic rings. The van der Waals surface area contributed by atoms with Crippen LogP contribution in [0.2, 0.25) is 0 Å². The van der Waals surface area contributed by atoms with Crippen molar-refractivity contribution in [2.24, 2.45) is 5.10 Å². The number of nitro benzene ring substituents is 1. The summed E-state index contributed by atoms with van der Waals surface area (Å²) >= 11 is 0. The Bertz CT molecular complexity index is 998. The SMILES string of the molecule is Cc1c(C2=NNC(c3ccc([N+](=O)[O-])cc3)C2)nnc2ccccc12. The molecule has 4 rings (SSSR count). The van der Waals surface area contributed by atoms with Crippen molar-refractivity contribution in [2.45, 2.75) is 19.4 Å². The molecule has 0 fully saturated rings. The predicted molar refractivity (Wildman–Crippen MR) is 94.4 cm³/mol. The van der Waals surface area contributed by atoms with E-state index in [1.54, 1.807) is 12.1 Å². The number of rotatable bonds is 3. The molecular formula is C18H15N5O2. The van der Waals surface area contributed by atoms with Crippen LogP contribution in [-0.4, -0.2) is 20.8 Å². The largest absolute Gasteiger partial charge is 0.302 e. The molecule has 1 N–H and O–H groups in total. The number of nitrogens with zero attached hydrogens (tertiary/aromatic N) is 4. The Kier molecular flexibility index (Phi) is 3.61. The summed E-state index contributed by atoms with van der Waals surface area (Å²) in [6.45, 7) is 2.02. The lowest BCUT2D eigenvalue weighted by Gasteiger charge is -2.10. The van der Waals surface area contributed by atoms with E-state index in [0.29, 0.717) is 6.42 Å². The second kappa shape index (κ2) is 5.94. The maximum Gasteiger partial charge on any atom is 0.269 e. The van der Waals surface area contributed by atoms with Crippen LogP contribution in [0.5, 0.6) is 0 Å². The fourth-order valence-electron chi connectivity index (χ4n) is 3.07. The third kappa shape index (κ3) is 2.69. The standard InChI is InChI=1S/C18H15N5O2/c1-11-14-4-2-3-5-15(14)19-22-18(11)17-10-16(20-21-17)12-6-8-13(9-7-12)23(24)25/h2-9,16,20H,10H2,1H3. The van der Waals surface area contributed by atoms with Crippen molar-refractivity contribution in [3.05, 3.63) is 75.5 Å². The van der Waals surface area contributed by atoms with Gasteiger partial charge in [0.2, 0.25) is 0 Å². The highest BCUT2D eigenvalue weighted by Crippen LogP contribution is 2.27. The van der Waals surface area contributed by atoms with Gasteiger partial charge in [0, 0.05) is 23.9 Å². The summed E-state index contributed by atoms with van der Waals surface area (Å²) in [6.07, 6.45) is 0.658. The molecule has 2 heterocycles. The molecule has 0 aliphatic carbocycles. The normalized spacial score (nSPS) is 16.5. The minimum absolute atomic E-state index is 0.0246. The monoisotopic (exact) mass is 333 g/mol. The van der Waals surface area contributed by atoms with Crippen molar-refractivity contribution >= 4 is 22.3 Å². The van der Waals surface area contributed by atoms with E-state index in [2.05, 4.69) is 20.7 Å². The van der Waals surface area contributed by atoms with Crippen LogP contribution >= 0.6 is 0 Å². The van der Waals surface area contributed by atoms with Gasteiger partial charge in [0.25, 0.3) is 5.69 Å². The van der Waals surface area contributed by atoms with E-state index < -0.39 is 4.92 Å². The van der Waals surface area contributed by atoms with Gasteiger partial charge in [0.15, 0.2) is 0 Å². The van der Waals surface area contributed by atoms with Crippen LogP contribution in [0.15, 0.2) is 53.6 Å². The number of nitro groups is 1. The van der Waals surface area contributed by atoms with Crippen molar-refractivity contribution < 1.29 is 4.92 Å². The van der Waals surface area contributed by atoms with Gasteiger partial charge in [-0.2, -0.15) is 5.10 Å². The number of aromatic nitrogens is 2. The van der Waals surface area contributed by atoms with Gasteiger partial charge >= 0.3 is 0 Å². The van der Waals surface area contributed by atoms with Crippen molar-refractivity contribution in [3.8, 4) is 0 Å². The lowest BCUT2D eigenvalue weighted by Crippen LogP contribution is -2.10. The first kappa shape index (κ1) is 15.2. The topological polar surface area (TPSA) is 93.3 Å². The van der Waals surface area contributed by atoms with Crippen LogP contribution in [0.1, 0.15) is 29.3 Å². The van der Waals surface area contributed by atoms with Crippen molar-refractivity contribution in [1.29, 1.82) is 0 Å². The minimum Gasteiger partial charge on any atom is -0.302 e. The van der Waals surface area contributed by atoms with Gasteiger partial charge in [-0.3, -0.25) is 10.1 Å². The van der Waals surface area contributed by atoms with Gasteiger partial charge < -0.3 is 5.43 Å². The number of non-ortho nitro benzene ring substituents is 1. The van der Waals surface area contributed by atoms with E-state index in [9.17, 15) is 10.1 Å². The Morgan fingerprint density at radius 1 is 1.12 bits per heavy atom. The third-order valence-electron chi connectivity index (χ3n) is 4.45. The number of hydrazone groups is 1. The van der Waals surface area contributed by atoms with Crippen molar-refractivity contribution in [1.82, 2.24) is 15.6 Å². The Morgan fingerprint density at radius 2 is 1.88 bits per heavy atom. The lowest BCUT2D eigenvalue weighted by molar-refractivity contribution is -0.384. The molecule has 0 saturated heterocycles. The molecule has 0 saturated carbocycles. The summed E-state index contributed by atoms with van der Waals surface area (Å²) in [5, 5.41) is 24.9. The molecule has 1 atom stereocenters. The van der Waals surface area contributed by atoms with Gasteiger partial charge in [0.05, 0.1) is 22.2 Å². The number of hydrogen-bond donors (Lipinski definition) is 1. The van der Waals surface area contributed by atoms with Gasteiger partial charge in [-0.15, -0.1) is 10.2 Å². The van der Waals surface area contributed by atoms with E-state index in [-0.39, 0.29) is 11.7 Å². The molecule has 1 aromatic heterocycles. The van der Waals surface area contributed by atoms with Crippen LogP contribution < -0.4 is 5.43 Å². The highest BCUT2D eigenvalue weighted by molar-refractivity contribution is 6.04. The first-order valence-electron chi connectivity index (χ1n) is 7.92. The maximum absolute atomic E-state index is 10.8. The fourth-order valence-corrected chi connectivity index (χ4v) is 3.07. The Labute approximate surface area is 143 Å². The summed E-state index contributed by atoms with van der Waals surface area (Å²) < 4.78 is 0. The zero-order valence-electron chi connectivity index (χ0n) is 13.5. The molecule has 1 aliphatic heterocycles. The first-order valence-corrected chi connectivity index (χ1v) is 7.92. The molecule has 1 unspecified atom stereocenters. The van der Waals surface area contributed by atoms with Crippen LogP contribution in [0, 0.1) is 17.0 Å². The van der Waals surface area contributed by atoms with Crippen LogP contribution in [0.4, 0.5) is 5.69 Å². The predicted octanol–water partition coefficient (Wildman–Crippen LogP) is 3.29. The summed E-state index contributed by atoms with van der Waals surface area (Å²) in [5.74, 6) is 0. The molecule has 0 radical (unpaired) electrons. The number of fused-ring (bicyclic) bond motifs is 1. The molecule has 25 heavy (non-hydrogen) atoms. The summed E-state index contributed by atoms with van der Waals surface area (Å²) in [6, 6.07) is 14.4. The Balaban J connectivity index is 1.60. The molecular weight excluding hydrogens is 318 g/mol. The summed E-state index contributed by atoms with van der Waals surface area (Å²) in [7, 11) is 0. The van der Waals surface area contributed by atoms with Crippen LogP contribution in [0.3, 0.4) is 0 Å². The van der Waals surface area contributed by atoms with E-state index in [1.807, 2.05) is 31.2 Å².